The van der Waals surface area contributed by atoms with E-state index < -0.39 is 0 Å². The van der Waals surface area contributed by atoms with Crippen molar-refractivity contribution in [1.82, 2.24) is 19.5 Å². The lowest BCUT2D eigenvalue weighted by Crippen LogP contribution is -2.33. The first kappa shape index (κ1) is 12.8. The summed E-state index contributed by atoms with van der Waals surface area (Å²) in [5.41, 5.74) is 2.68. The molecule has 0 saturated heterocycles. The van der Waals surface area contributed by atoms with Crippen molar-refractivity contribution in [2.45, 2.75) is 25.3 Å². The molecule has 2 heterocycles. The van der Waals surface area contributed by atoms with Crippen molar-refractivity contribution in [3.63, 3.8) is 0 Å². The molecule has 0 bridgehead atoms. The van der Waals surface area contributed by atoms with Crippen molar-refractivity contribution >= 4 is 11.2 Å². The molecule has 2 aromatic heterocycles. The quantitative estimate of drug-likeness (QED) is 0.727. The van der Waals surface area contributed by atoms with Crippen LogP contribution in [0.4, 0.5) is 0 Å². The van der Waals surface area contributed by atoms with Crippen molar-refractivity contribution in [3.05, 3.63) is 61.7 Å². The number of hydrogen-bond acceptors (Lipinski definition) is 3. The smallest absolute Gasteiger partial charge is 0.305 e. The SMILES string of the molecule is [CH2]CC(CC)(c1ccccc1)n1cnc2cncnc21.[H+]. The van der Waals surface area contributed by atoms with Crippen LogP contribution in [0, 0.1) is 6.92 Å². The van der Waals surface area contributed by atoms with Crippen LogP contribution in [0.25, 0.3) is 11.2 Å². The topological polar surface area (TPSA) is 43.6 Å². The summed E-state index contributed by atoms with van der Waals surface area (Å²) in [5.74, 6) is 0. The second-order valence-corrected chi connectivity index (χ2v) is 4.85. The fraction of sp³-hybridized carbons (Fsp3) is 0.250. The summed E-state index contributed by atoms with van der Waals surface area (Å²) >= 11 is 0. The maximum atomic E-state index is 4.42. The Morgan fingerprint density at radius 1 is 1.25 bits per heavy atom. The summed E-state index contributed by atoms with van der Waals surface area (Å²) in [5, 5.41) is 0. The standard InChI is InChI=1S/C16H17N4/c1-3-16(4-2,13-8-6-5-7-9-13)20-12-19-14-10-17-11-18-15(14)20/h5-12H,1,3-4H2,2H3/p+1. The van der Waals surface area contributed by atoms with Crippen molar-refractivity contribution in [2.75, 3.05) is 0 Å². The van der Waals surface area contributed by atoms with Gasteiger partial charge in [-0.1, -0.05) is 44.2 Å². The number of fused-ring (bicyclic) bond motifs is 1. The fourth-order valence-electron chi connectivity index (χ4n) is 2.78. The Hall–Kier alpha value is -2.23. The Morgan fingerprint density at radius 2 is 2.05 bits per heavy atom. The van der Waals surface area contributed by atoms with Gasteiger partial charge in [0.05, 0.1) is 18.1 Å². The monoisotopic (exact) mass is 266 g/mol. The van der Waals surface area contributed by atoms with Crippen LogP contribution < -0.4 is 0 Å². The minimum atomic E-state index is -0.218. The minimum absolute atomic E-state index is 0. The molecule has 4 heteroatoms. The summed E-state index contributed by atoms with van der Waals surface area (Å²) in [6.45, 7) is 6.35. The maximum Gasteiger partial charge on any atom is 1.00 e. The van der Waals surface area contributed by atoms with Gasteiger partial charge in [0, 0.05) is 0 Å². The van der Waals surface area contributed by atoms with Gasteiger partial charge in [-0.2, -0.15) is 0 Å². The third-order valence-corrected chi connectivity index (χ3v) is 3.98. The van der Waals surface area contributed by atoms with Crippen LogP contribution in [-0.4, -0.2) is 19.5 Å². The first-order valence-electron chi connectivity index (χ1n) is 6.80. The molecule has 0 aliphatic heterocycles. The molecule has 0 spiro atoms. The second kappa shape index (κ2) is 5.04. The number of nitrogens with zero attached hydrogens (tertiary/aromatic N) is 4. The lowest BCUT2D eigenvalue weighted by atomic mass is 9.84. The van der Waals surface area contributed by atoms with E-state index in [9.17, 15) is 0 Å². The van der Waals surface area contributed by atoms with Gasteiger partial charge in [0.1, 0.15) is 11.8 Å². The van der Waals surface area contributed by atoms with Crippen molar-refractivity contribution in [3.8, 4) is 0 Å². The first-order chi connectivity index (χ1) is 9.81. The lowest BCUT2D eigenvalue weighted by molar-refractivity contribution is 0.350. The van der Waals surface area contributed by atoms with E-state index >= 15 is 0 Å². The molecule has 0 saturated carbocycles. The van der Waals surface area contributed by atoms with Gasteiger partial charge < -0.3 is 4.57 Å². The molecule has 1 aromatic carbocycles. The van der Waals surface area contributed by atoms with E-state index in [4.69, 9.17) is 0 Å². The third kappa shape index (κ3) is 1.80. The van der Waals surface area contributed by atoms with E-state index in [1.165, 1.54) is 5.56 Å². The van der Waals surface area contributed by atoms with Crippen LogP contribution in [0.3, 0.4) is 0 Å². The molecule has 0 aliphatic carbocycles. The van der Waals surface area contributed by atoms with Crippen LogP contribution >= 0.6 is 0 Å². The highest BCUT2D eigenvalue weighted by atomic mass is 15.2. The van der Waals surface area contributed by atoms with Gasteiger partial charge in [-0.15, -0.1) is 0 Å². The second-order valence-electron chi connectivity index (χ2n) is 4.85. The van der Waals surface area contributed by atoms with Gasteiger partial charge in [-0.25, -0.2) is 15.0 Å². The average molecular weight is 266 g/mol. The minimum Gasteiger partial charge on any atom is -0.305 e. The molecule has 0 N–H and O–H groups in total. The summed E-state index contributed by atoms with van der Waals surface area (Å²) in [6, 6.07) is 10.4. The zero-order valence-corrected chi connectivity index (χ0v) is 11.5. The molecule has 1 atom stereocenters. The summed E-state index contributed by atoms with van der Waals surface area (Å²) in [6.07, 6.45) is 6.82. The van der Waals surface area contributed by atoms with Crippen LogP contribution in [0.15, 0.2) is 49.2 Å². The summed E-state index contributed by atoms with van der Waals surface area (Å²) in [4.78, 5) is 12.8. The molecule has 0 amide bonds. The Kier molecular flexibility index (Phi) is 3.22. The van der Waals surface area contributed by atoms with Crippen LogP contribution in [-0.2, 0) is 5.54 Å². The average Bonchev–Trinajstić information content (AvgIpc) is 2.95. The van der Waals surface area contributed by atoms with E-state index in [1.807, 2.05) is 12.4 Å². The van der Waals surface area contributed by atoms with Crippen molar-refractivity contribution < 1.29 is 1.43 Å². The Balaban J connectivity index is 0.00000161. The summed E-state index contributed by atoms with van der Waals surface area (Å²) < 4.78 is 2.13. The van der Waals surface area contributed by atoms with Gasteiger partial charge in [0.25, 0.3) is 0 Å². The predicted octanol–water partition coefficient (Wildman–Crippen LogP) is 3.32. The van der Waals surface area contributed by atoms with Crippen LogP contribution in [0.5, 0.6) is 0 Å². The van der Waals surface area contributed by atoms with Gasteiger partial charge in [0.2, 0.25) is 0 Å². The molecular formula is C16H18N4+. The zero-order valence-electron chi connectivity index (χ0n) is 12.5. The zero-order chi connectivity index (χ0) is 14.0. The van der Waals surface area contributed by atoms with E-state index in [1.54, 1.807) is 12.5 Å². The Morgan fingerprint density at radius 3 is 2.75 bits per heavy atom. The van der Waals surface area contributed by atoms with Crippen molar-refractivity contribution in [1.29, 1.82) is 0 Å². The molecule has 1 unspecified atom stereocenters. The van der Waals surface area contributed by atoms with E-state index in [0.717, 1.165) is 24.0 Å². The molecule has 101 valence electrons. The normalized spacial score (nSPS) is 11.9. The first-order valence-corrected chi connectivity index (χ1v) is 6.80. The third-order valence-electron chi connectivity index (χ3n) is 3.98. The van der Waals surface area contributed by atoms with Crippen LogP contribution in [0.1, 0.15) is 26.8 Å². The number of aromatic nitrogens is 4. The predicted molar refractivity (Wildman–Crippen MR) is 80.2 cm³/mol. The molecule has 3 aromatic rings. The van der Waals surface area contributed by atoms with Gasteiger partial charge in [-0.05, 0) is 18.4 Å². The number of hydrogen-bond donors (Lipinski definition) is 0. The fourth-order valence-corrected chi connectivity index (χ4v) is 2.78. The largest absolute Gasteiger partial charge is 1.00 e. The molecule has 1 radical (unpaired) electrons. The van der Waals surface area contributed by atoms with E-state index in [2.05, 4.69) is 57.6 Å². The molecule has 0 aliphatic rings. The highest BCUT2D eigenvalue weighted by molar-refractivity contribution is 5.69. The highest BCUT2D eigenvalue weighted by Crippen LogP contribution is 2.35. The molecule has 4 nitrogen and oxygen atoms in total. The van der Waals surface area contributed by atoms with Gasteiger partial charge >= 0.3 is 1.43 Å². The number of imidazole rings is 1. The molecule has 0 fully saturated rings. The van der Waals surface area contributed by atoms with Gasteiger partial charge in [-0.3, -0.25) is 0 Å². The van der Waals surface area contributed by atoms with Gasteiger partial charge in [0.15, 0.2) is 5.65 Å². The van der Waals surface area contributed by atoms with E-state index in [0.29, 0.717) is 0 Å². The number of rotatable bonds is 4. The number of benzene rings is 1. The lowest BCUT2D eigenvalue weighted by Gasteiger charge is -2.34. The highest BCUT2D eigenvalue weighted by Gasteiger charge is 2.32. The van der Waals surface area contributed by atoms with Crippen LogP contribution in [0.2, 0.25) is 0 Å². The molecule has 3 rings (SSSR count). The van der Waals surface area contributed by atoms with E-state index in [-0.39, 0.29) is 6.97 Å². The Bertz CT molecular complexity index is 704. The summed E-state index contributed by atoms with van der Waals surface area (Å²) in [7, 11) is 0. The maximum absolute atomic E-state index is 4.42. The van der Waals surface area contributed by atoms with Crippen molar-refractivity contribution in [2.24, 2.45) is 0 Å². The molecule has 20 heavy (non-hydrogen) atoms. The Labute approximate surface area is 120 Å². The molecular weight excluding hydrogens is 248 g/mol.